The van der Waals surface area contributed by atoms with E-state index >= 15 is 0 Å². The van der Waals surface area contributed by atoms with Gasteiger partial charge < -0.3 is 9.90 Å². The first-order chi connectivity index (χ1) is 8.00. The molecule has 1 aromatic rings. The van der Waals surface area contributed by atoms with Crippen molar-refractivity contribution < 1.29 is 9.90 Å². The molecule has 0 aliphatic rings. The Balaban J connectivity index is 2.80. The molecule has 0 radical (unpaired) electrons. The fourth-order valence-electron chi connectivity index (χ4n) is 1.41. The highest BCUT2D eigenvalue weighted by Gasteiger charge is 2.09. The van der Waals surface area contributed by atoms with Crippen molar-refractivity contribution in [1.29, 1.82) is 0 Å². The highest BCUT2D eigenvalue weighted by atomic mass is 35.5. The van der Waals surface area contributed by atoms with Gasteiger partial charge in [-0.15, -0.1) is 0 Å². The van der Waals surface area contributed by atoms with Crippen LogP contribution >= 0.6 is 11.6 Å². The topological polar surface area (TPSA) is 52.5 Å². The summed E-state index contributed by atoms with van der Waals surface area (Å²) < 4.78 is 0. The fraction of sp³-hybridized carbons (Fsp3) is 0.385. The van der Waals surface area contributed by atoms with Crippen LogP contribution in [0, 0.1) is 5.92 Å². The minimum absolute atomic E-state index is 0.251. The molecular formula is C13H15ClNO2-. The maximum absolute atomic E-state index is 10.9. The number of carboxylic acid groups (broad SMARTS) is 1. The zero-order valence-corrected chi connectivity index (χ0v) is 10.6. The lowest BCUT2D eigenvalue weighted by atomic mass is 10.0. The van der Waals surface area contributed by atoms with Crippen molar-refractivity contribution in [3.05, 3.63) is 34.9 Å². The Hall–Kier alpha value is -1.35. The maximum Gasteiger partial charge on any atom is 0.0895 e. The smallest absolute Gasteiger partial charge is 0.0895 e. The number of nitrogens with zero attached hydrogens (tertiary/aromatic N) is 1. The number of halogens is 1. The molecule has 0 bridgehead atoms. The average Bonchev–Trinajstić information content (AvgIpc) is 2.25. The molecule has 1 aromatic carbocycles. The zero-order chi connectivity index (χ0) is 12.8. The van der Waals surface area contributed by atoms with Crippen LogP contribution in [0.5, 0.6) is 0 Å². The van der Waals surface area contributed by atoms with E-state index in [1.807, 2.05) is 26.0 Å². The molecule has 1 atom stereocenters. The molecule has 0 saturated carbocycles. The molecule has 0 aliphatic carbocycles. The summed E-state index contributed by atoms with van der Waals surface area (Å²) >= 11 is 5.94. The van der Waals surface area contributed by atoms with Gasteiger partial charge in [-0.25, -0.2) is 0 Å². The Morgan fingerprint density at radius 1 is 1.47 bits per heavy atom. The first-order valence-corrected chi connectivity index (χ1v) is 5.87. The first kappa shape index (κ1) is 13.7. The number of carbonyl (C=O) groups excluding carboxylic acids is 1. The minimum atomic E-state index is -1.15. The van der Waals surface area contributed by atoms with Crippen LogP contribution in [0.1, 0.15) is 25.8 Å². The summed E-state index contributed by atoms with van der Waals surface area (Å²) in [6.07, 6.45) is 1.95. The number of aliphatic imine (C=N–C) groups is 1. The normalized spacial score (nSPS) is 13.2. The van der Waals surface area contributed by atoms with Gasteiger partial charge in [-0.2, -0.15) is 0 Å². The number of benzene rings is 1. The van der Waals surface area contributed by atoms with Gasteiger partial charge in [0, 0.05) is 16.8 Å². The zero-order valence-electron chi connectivity index (χ0n) is 9.89. The van der Waals surface area contributed by atoms with Gasteiger partial charge in [0.2, 0.25) is 0 Å². The molecule has 0 spiro atoms. The van der Waals surface area contributed by atoms with Crippen molar-refractivity contribution >= 4 is 23.8 Å². The standard InChI is InChI=1S/C13H16ClNO2/c1-9(2)7-12(13(16)17)15-8-10-5-3-4-6-11(10)14/h3-6,8-9,12H,7H2,1-2H3,(H,16,17)/p-1. The van der Waals surface area contributed by atoms with E-state index in [9.17, 15) is 9.90 Å². The van der Waals surface area contributed by atoms with Crippen LogP contribution in [0.15, 0.2) is 29.3 Å². The molecule has 17 heavy (non-hydrogen) atoms. The lowest BCUT2D eigenvalue weighted by molar-refractivity contribution is -0.307. The van der Waals surface area contributed by atoms with Crippen molar-refractivity contribution in [2.24, 2.45) is 10.9 Å². The minimum Gasteiger partial charge on any atom is -0.548 e. The average molecular weight is 253 g/mol. The molecule has 0 N–H and O–H groups in total. The van der Waals surface area contributed by atoms with Gasteiger partial charge in [-0.3, -0.25) is 4.99 Å². The van der Waals surface area contributed by atoms with Gasteiger partial charge in [0.05, 0.1) is 12.0 Å². The van der Waals surface area contributed by atoms with Gasteiger partial charge in [0.1, 0.15) is 0 Å². The number of rotatable bonds is 5. The molecular weight excluding hydrogens is 238 g/mol. The predicted octanol–water partition coefficient (Wildman–Crippen LogP) is 1.92. The number of hydrogen-bond acceptors (Lipinski definition) is 3. The van der Waals surface area contributed by atoms with Gasteiger partial charge in [0.25, 0.3) is 0 Å². The monoisotopic (exact) mass is 252 g/mol. The van der Waals surface area contributed by atoms with Crippen molar-refractivity contribution in [1.82, 2.24) is 0 Å². The Morgan fingerprint density at radius 2 is 2.12 bits per heavy atom. The second-order valence-electron chi connectivity index (χ2n) is 4.26. The Bertz CT molecular complexity index is 416. The summed E-state index contributed by atoms with van der Waals surface area (Å²) in [5, 5.41) is 11.4. The van der Waals surface area contributed by atoms with Gasteiger partial charge in [0.15, 0.2) is 0 Å². The molecule has 0 aliphatic heterocycles. The molecule has 0 saturated heterocycles. The third kappa shape index (κ3) is 4.57. The summed E-state index contributed by atoms with van der Waals surface area (Å²) in [7, 11) is 0. The second-order valence-corrected chi connectivity index (χ2v) is 4.67. The summed E-state index contributed by atoms with van der Waals surface area (Å²) in [6, 6.07) is 6.34. The van der Waals surface area contributed by atoms with E-state index in [2.05, 4.69) is 4.99 Å². The highest BCUT2D eigenvalue weighted by molar-refractivity contribution is 6.33. The lowest BCUT2D eigenvalue weighted by Gasteiger charge is -2.15. The Morgan fingerprint density at radius 3 is 2.65 bits per heavy atom. The molecule has 92 valence electrons. The summed E-state index contributed by atoms with van der Waals surface area (Å²) in [4.78, 5) is 14.9. The van der Waals surface area contributed by atoms with Gasteiger partial charge in [-0.1, -0.05) is 43.6 Å². The molecule has 4 heteroatoms. The van der Waals surface area contributed by atoms with Crippen LogP contribution in [0.3, 0.4) is 0 Å². The molecule has 1 rings (SSSR count). The Kier molecular flexibility index (Phi) is 5.16. The van der Waals surface area contributed by atoms with Crippen LogP contribution in [-0.4, -0.2) is 18.2 Å². The van der Waals surface area contributed by atoms with Gasteiger partial charge >= 0.3 is 0 Å². The van der Waals surface area contributed by atoms with Crippen molar-refractivity contribution in [3.8, 4) is 0 Å². The second kappa shape index (κ2) is 6.40. The maximum atomic E-state index is 10.9. The lowest BCUT2D eigenvalue weighted by Crippen LogP contribution is -2.35. The first-order valence-electron chi connectivity index (χ1n) is 5.49. The number of carbonyl (C=O) groups is 1. The molecule has 0 aromatic heterocycles. The van der Waals surface area contributed by atoms with Gasteiger partial charge in [-0.05, 0) is 18.4 Å². The fourth-order valence-corrected chi connectivity index (χ4v) is 1.60. The highest BCUT2D eigenvalue weighted by Crippen LogP contribution is 2.14. The van der Waals surface area contributed by atoms with Crippen LogP contribution in [0.25, 0.3) is 0 Å². The molecule has 0 fully saturated rings. The van der Waals surface area contributed by atoms with Crippen LogP contribution in [0.2, 0.25) is 5.02 Å². The number of carboxylic acids is 1. The third-order valence-electron chi connectivity index (χ3n) is 2.27. The van der Waals surface area contributed by atoms with Crippen molar-refractivity contribution in [2.45, 2.75) is 26.3 Å². The largest absolute Gasteiger partial charge is 0.548 e. The van der Waals surface area contributed by atoms with Crippen LogP contribution in [0.4, 0.5) is 0 Å². The third-order valence-corrected chi connectivity index (χ3v) is 2.61. The van der Waals surface area contributed by atoms with E-state index in [-0.39, 0.29) is 5.92 Å². The molecule has 0 heterocycles. The summed E-state index contributed by atoms with van der Waals surface area (Å²) in [5.74, 6) is -0.900. The summed E-state index contributed by atoms with van der Waals surface area (Å²) in [5.41, 5.74) is 0.712. The van der Waals surface area contributed by atoms with E-state index in [0.717, 1.165) is 0 Å². The van der Waals surface area contributed by atoms with Crippen molar-refractivity contribution in [3.63, 3.8) is 0 Å². The van der Waals surface area contributed by atoms with E-state index in [0.29, 0.717) is 17.0 Å². The molecule has 3 nitrogen and oxygen atoms in total. The van der Waals surface area contributed by atoms with E-state index < -0.39 is 12.0 Å². The van der Waals surface area contributed by atoms with E-state index in [4.69, 9.17) is 11.6 Å². The summed E-state index contributed by atoms with van der Waals surface area (Å²) in [6.45, 7) is 3.89. The van der Waals surface area contributed by atoms with Crippen LogP contribution in [-0.2, 0) is 4.79 Å². The number of hydrogen-bond donors (Lipinski definition) is 0. The van der Waals surface area contributed by atoms with Crippen LogP contribution < -0.4 is 5.11 Å². The quantitative estimate of drug-likeness (QED) is 0.752. The SMILES string of the molecule is CC(C)CC(N=Cc1ccccc1Cl)C(=O)[O-]. The predicted molar refractivity (Wildman–Crippen MR) is 67.3 cm³/mol. The molecule has 1 unspecified atom stereocenters. The number of aliphatic carboxylic acids is 1. The van der Waals surface area contributed by atoms with Crippen molar-refractivity contribution in [2.75, 3.05) is 0 Å². The van der Waals surface area contributed by atoms with E-state index in [1.165, 1.54) is 6.21 Å². The van der Waals surface area contributed by atoms with E-state index in [1.54, 1.807) is 12.1 Å². The molecule has 0 amide bonds. The Labute approximate surface area is 106 Å².